The number of esters is 1. The Labute approximate surface area is 306 Å². The highest BCUT2D eigenvalue weighted by atomic mass is 16.6. The van der Waals surface area contributed by atoms with E-state index in [1.807, 2.05) is 80.3 Å². The number of amides is 3. The Kier molecular flexibility index (Phi) is 9.96. The lowest BCUT2D eigenvalue weighted by atomic mass is 9.83. The summed E-state index contributed by atoms with van der Waals surface area (Å²) in [6.45, 7) is 6.30. The van der Waals surface area contributed by atoms with Crippen LogP contribution in [0.25, 0.3) is 10.9 Å². The van der Waals surface area contributed by atoms with Crippen LogP contribution in [0.2, 0.25) is 0 Å². The van der Waals surface area contributed by atoms with Crippen LogP contribution >= 0.6 is 0 Å². The number of ether oxygens (including phenoxy) is 1. The molecule has 0 radical (unpaired) electrons. The van der Waals surface area contributed by atoms with E-state index >= 15 is 0 Å². The van der Waals surface area contributed by atoms with Crippen molar-refractivity contribution in [2.24, 2.45) is 0 Å². The monoisotopic (exact) mass is 702 g/mol. The largest absolute Gasteiger partial charge is 0.460 e. The summed E-state index contributed by atoms with van der Waals surface area (Å²) in [7, 11) is 0. The van der Waals surface area contributed by atoms with Crippen LogP contribution in [-0.4, -0.2) is 39.4 Å². The third kappa shape index (κ3) is 7.50. The highest BCUT2D eigenvalue weighted by molar-refractivity contribution is 6.08. The Balaban J connectivity index is 1.10. The molecule has 272 valence electrons. The number of carbonyl (C=O) groups is 4. The molecule has 9 heteroatoms. The van der Waals surface area contributed by atoms with E-state index in [0.29, 0.717) is 43.0 Å². The molecule has 2 saturated carbocycles. The molecule has 4 aromatic rings. The standard InChI is InChI=1S/C43H50N4O5/c1-42(2,3)52-37(49)23-18-29-16-20-33(21-17-29)44-41(51)43(24-10-11-25-43)45-39(50)32-19-22-34-35(26-32)46-28-36(48)47(27-30-12-6-4-7-13-30)40(46)38(34)31-14-8-5-9-15-31/h4,6-7,12-13,16-17,19-22,26,31H,5,8-11,14-15,18,23-25,27-28H2,1-3H3,(H,44,51)(H,45,50). The average Bonchev–Trinajstić information content (AvgIpc) is 3.82. The minimum Gasteiger partial charge on any atom is -0.460 e. The molecule has 0 spiro atoms. The second kappa shape index (κ2) is 14.6. The maximum Gasteiger partial charge on any atom is 0.306 e. The van der Waals surface area contributed by atoms with Gasteiger partial charge in [-0.15, -0.1) is 0 Å². The van der Waals surface area contributed by atoms with E-state index in [-0.39, 0.29) is 36.7 Å². The number of nitrogens with one attached hydrogen (secondary N) is 2. The fourth-order valence-electron chi connectivity index (χ4n) is 8.34. The summed E-state index contributed by atoms with van der Waals surface area (Å²) in [5.41, 5.74) is 3.74. The molecule has 3 aromatic carbocycles. The Morgan fingerprint density at radius 2 is 1.58 bits per heavy atom. The van der Waals surface area contributed by atoms with Crippen LogP contribution in [-0.2, 0) is 38.6 Å². The number of anilines is 2. The van der Waals surface area contributed by atoms with Gasteiger partial charge in [-0.05, 0) is 94.2 Å². The molecule has 2 aliphatic carbocycles. The molecule has 0 bridgehead atoms. The summed E-state index contributed by atoms with van der Waals surface area (Å²) in [6, 6.07) is 23.4. The molecule has 9 nitrogen and oxygen atoms in total. The van der Waals surface area contributed by atoms with Gasteiger partial charge in [0.25, 0.3) is 5.91 Å². The fraction of sp³-hybridized carbons (Fsp3) is 0.442. The molecule has 0 atom stereocenters. The van der Waals surface area contributed by atoms with Crippen molar-refractivity contribution in [2.45, 2.75) is 122 Å². The molecule has 0 saturated heterocycles. The predicted molar refractivity (Wildman–Crippen MR) is 203 cm³/mol. The van der Waals surface area contributed by atoms with Crippen LogP contribution in [0.5, 0.6) is 0 Å². The minimum atomic E-state index is -1.03. The zero-order valence-electron chi connectivity index (χ0n) is 30.6. The second-order valence-electron chi connectivity index (χ2n) is 15.8. The van der Waals surface area contributed by atoms with Gasteiger partial charge in [0, 0.05) is 28.6 Å². The fourth-order valence-corrected chi connectivity index (χ4v) is 8.34. The van der Waals surface area contributed by atoms with Crippen molar-refractivity contribution in [3.05, 3.63) is 95.1 Å². The normalized spacial score (nSPS) is 17.3. The molecular formula is C43H50N4O5. The van der Waals surface area contributed by atoms with Crippen molar-refractivity contribution < 1.29 is 23.9 Å². The number of aryl methyl sites for hydroxylation is 1. The van der Waals surface area contributed by atoms with Crippen LogP contribution in [0, 0.1) is 0 Å². The molecule has 7 rings (SSSR count). The van der Waals surface area contributed by atoms with E-state index in [1.54, 1.807) is 0 Å². The summed E-state index contributed by atoms with van der Waals surface area (Å²) >= 11 is 0. The SMILES string of the molecule is CC(C)(C)OC(=O)CCc1ccc(NC(=O)C2(NC(=O)c3ccc4c(C5CCCCC5)c5n(c4c3)CC(=O)N5Cc3ccccc3)CCCC2)cc1. The molecule has 0 unspecified atom stereocenters. The van der Waals surface area contributed by atoms with Crippen molar-refractivity contribution in [3.63, 3.8) is 0 Å². The molecular weight excluding hydrogens is 652 g/mol. The van der Waals surface area contributed by atoms with Gasteiger partial charge in [0.15, 0.2) is 0 Å². The minimum absolute atomic E-state index is 0.0605. The van der Waals surface area contributed by atoms with Crippen molar-refractivity contribution >= 4 is 46.1 Å². The number of fused-ring (bicyclic) bond motifs is 3. The van der Waals surface area contributed by atoms with E-state index in [4.69, 9.17) is 4.74 Å². The van der Waals surface area contributed by atoms with E-state index in [2.05, 4.69) is 33.4 Å². The van der Waals surface area contributed by atoms with E-state index in [9.17, 15) is 19.2 Å². The quantitative estimate of drug-likeness (QED) is 0.162. The van der Waals surface area contributed by atoms with Crippen molar-refractivity contribution in [1.29, 1.82) is 0 Å². The Morgan fingerprint density at radius 3 is 2.27 bits per heavy atom. The second-order valence-corrected chi connectivity index (χ2v) is 15.8. The first-order valence-corrected chi connectivity index (χ1v) is 18.9. The summed E-state index contributed by atoms with van der Waals surface area (Å²) in [4.78, 5) is 55.6. The van der Waals surface area contributed by atoms with Gasteiger partial charge in [-0.25, -0.2) is 0 Å². The van der Waals surface area contributed by atoms with Crippen molar-refractivity contribution in [1.82, 2.24) is 9.88 Å². The smallest absolute Gasteiger partial charge is 0.306 e. The topological polar surface area (TPSA) is 110 Å². The average molecular weight is 703 g/mol. The maximum atomic E-state index is 14.0. The lowest BCUT2D eigenvalue weighted by Gasteiger charge is -2.29. The maximum absolute atomic E-state index is 14.0. The zero-order valence-corrected chi connectivity index (χ0v) is 30.6. The molecule has 1 aliphatic heterocycles. The Morgan fingerprint density at radius 1 is 0.865 bits per heavy atom. The molecule has 3 amide bonds. The van der Waals surface area contributed by atoms with Gasteiger partial charge in [-0.2, -0.15) is 0 Å². The molecule has 3 aliphatic rings. The number of carbonyl (C=O) groups excluding carboxylic acids is 4. The number of rotatable bonds is 10. The lowest BCUT2D eigenvalue weighted by molar-refractivity contribution is -0.154. The molecule has 52 heavy (non-hydrogen) atoms. The van der Waals surface area contributed by atoms with Crippen LogP contribution in [0.1, 0.15) is 118 Å². The predicted octanol–water partition coefficient (Wildman–Crippen LogP) is 8.19. The summed E-state index contributed by atoms with van der Waals surface area (Å²) < 4.78 is 7.52. The first kappa shape index (κ1) is 35.5. The van der Waals surface area contributed by atoms with Crippen LogP contribution in [0.15, 0.2) is 72.8 Å². The van der Waals surface area contributed by atoms with Gasteiger partial charge in [0.05, 0.1) is 12.1 Å². The first-order valence-electron chi connectivity index (χ1n) is 18.9. The van der Waals surface area contributed by atoms with Crippen LogP contribution in [0.3, 0.4) is 0 Å². The van der Waals surface area contributed by atoms with E-state index in [0.717, 1.165) is 53.5 Å². The van der Waals surface area contributed by atoms with Gasteiger partial charge in [0.1, 0.15) is 23.5 Å². The van der Waals surface area contributed by atoms with Gasteiger partial charge in [-0.1, -0.05) is 80.6 Å². The summed E-state index contributed by atoms with van der Waals surface area (Å²) in [5.74, 6) is 0.623. The van der Waals surface area contributed by atoms with Gasteiger partial charge in [-0.3, -0.25) is 24.1 Å². The number of nitrogens with zero attached hydrogens (tertiary/aromatic N) is 2. The van der Waals surface area contributed by atoms with Gasteiger partial charge in [0.2, 0.25) is 11.8 Å². The lowest BCUT2D eigenvalue weighted by Crippen LogP contribution is -2.55. The Bertz CT molecular complexity index is 1960. The van der Waals surface area contributed by atoms with E-state index in [1.165, 1.54) is 24.8 Å². The van der Waals surface area contributed by atoms with E-state index < -0.39 is 11.1 Å². The highest BCUT2D eigenvalue weighted by Crippen LogP contribution is 2.46. The third-order valence-electron chi connectivity index (χ3n) is 10.9. The molecule has 1 aromatic heterocycles. The summed E-state index contributed by atoms with van der Waals surface area (Å²) in [5, 5.41) is 7.30. The number of hydrogen-bond acceptors (Lipinski definition) is 5. The molecule has 2 heterocycles. The van der Waals surface area contributed by atoms with Crippen molar-refractivity contribution in [3.8, 4) is 0 Å². The summed E-state index contributed by atoms with van der Waals surface area (Å²) in [6.07, 6.45) is 9.37. The third-order valence-corrected chi connectivity index (χ3v) is 10.9. The van der Waals surface area contributed by atoms with Crippen molar-refractivity contribution in [2.75, 3.05) is 10.2 Å². The number of aromatic nitrogens is 1. The van der Waals surface area contributed by atoms with Gasteiger partial charge < -0.3 is 19.9 Å². The van der Waals surface area contributed by atoms with Crippen LogP contribution in [0.4, 0.5) is 11.5 Å². The van der Waals surface area contributed by atoms with Gasteiger partial charge >= 0.3 is 5.97 Å². The number of benzene rings is 3. The van der Waals surface area contributed by atoms with Crippen LogP contribution < -0.4 is 15.5 Å². The molecule has 2 fully saturated rings. The highest BCUT2D eigenvalue weighted by Gasteiger charge is 2.43. The zero-order chi connectivity index (χ0) is 36.5. The Hall–Kier alpha value is -4.92. The first-order chi connectivity index (χ1) is 25.0. The molecule has 2 N–H and O–H groups in total. The number of hydrogen-bond donors (Lipinski definition) is 2.